The lowest BCUT2D eigenvalue weighted by molar-refractivity contribution is 0.0919. The Morgan fingerprint density at radius 1 is 1.29 bits per heavy atom. The predicted octanol–water partition coefficient (Wildman–Crippen LogP) is 2.01. The maximum atomic E-state index is 14.0. The van der Waals surface area contributed by atoms with Crippen molar-refractivity contribution < 1.29 is 18.3 Å². The van der Waals surface area contributed by atoms with E-state index in [1.165, 1.54) is 18.2 Å². The molecule has 150 valence electrons. The molecule has 0 saturated carbocycles. The average molecular weight is 392 g/mol. The third-order valence-electron chi connectivity index (χ3n) is 4.53. The first-order valence-electron chi connectivity index (χ1n) is 9.05. The van der Waals surface area contributed by atoms with Gasteiger partial charge in [0, 0.05) is 19.2 Å². The monoisotopic (exact) mass is 392 g/mol. The Labute approximate surface area is 160 Å². The highest BCUT2D eigenvalue weighted by molar-refractivity contribution is 5.94. The van der Waals surface area contributed by atoms with Crippen LogP contribution in [0, 0.1) is 17.6 Å². The number of ether oxygens (including phenoxy) is 1. The van der Waals surface area contributed by atoms with Gasteiger partial charge in [-0.1, -0.05) is 19.9 Å². The van der Waals surface area contributed by atoms with Gasteiger partial charge in [0.2, 0.25) is 5.95 Å². The number of carbonyl (C=O) groups excluding carboxylic acids is 1. The van der Waals surface area contributed by atoms with Crippen LogP contribution in [0.1, 0.15) is 35.9 Å². The summed E-state index contributed by atoms with van der Waals surface area (Å²) < 4.78 is 32.7. The van der Waals surface area contributed by atoms with Crippen LogP contribution in [0.15, 0.2) is 29.1 Å². The molecule has 2 aromatic rings. The molecule has 0 bridgehead atoms. The first-order chi connectivity index (χ1) is 13.4. The van der Waals surface area contributed by atoms with Gasteiger partial charge in [-0.05, 0) is 18.1 Å². The average Bonchev–Trinajstić information content (AvgIpc) is 2.68. The summed E-state index contributed by atoms with van der Waals surface area (Å²) in [6.07, 6.45) is 0. The fourth-order valence-corrected chi connectivity index (χ4v) is 3.03. The number of aromatic amines is 1. The Morgan fingerprint density at radius 2 is 2.00 bits per heavy atom. The van der Waals surface area contributed by atoms with Crippen molar-refractivity contribution in [2.75, 3.05) is 31.2 Å². The summed E-state index contributed by atoms with van der Waals surface area (Å²) in [7, 11) is 0. The molecule has 1 unspecified atom stereocenters. The number of nitrogens with one attached hydrogen (secondary N) is 2. The van der Waals surface area contributed by atoms with Gasteiger partial charge in [-0.3, -0.25) is 14.6 Å². The number of carbonyl (C=O) groups is 1. The summed E-state index contributed by atoms with van der Waals surface area (Å²) in [5.74, 6) is -2.84. The van der Waals surface area contributed by atoms with Crippen LogP contribution in [0.25, 0.3) is 0 Å². The number of hydrogen-bond acceptors (Lipinski definition) is 5. The van der Waals surface area contributed by atoms with Crippen molar-refractivity contribution in [2.24, 2.45) is 5.92 Å². The number of halogens is 2. The molecule has 2 N–H and O–H groups in total. The highest BCUT2D eigenvalue weighted by Crippen LogP contribution is 2.22. The standard InChI is InChI=1S/C19H22F2N4O3/c1-11(2)17(24-18(27)12-4-3-5-13(20)16(12)21)14-10-15(26)23-19(22-14)25-6-8-28-9-7-25/h3-5,10-11,17H,6-9H2,1-2H3,(H,24,27)(H,22,23,26). The van der Waals surface area contributed by atoms with Crippen LogP contribution in [-0.2, 0) is 4.74 Å². The van der Waals surface area contributed by atoms with Gasteiger partial charge in [-0.2, -0.15) is 0 Å². The van der Waals surface area contributed by atoms with Gasteiger partial charge in [0.1, 0.15) is 0 Å². The summed E-state index contributed by atoms with van der Waals surface area (Å²) in [6, 6.07) is 4.06. The molecule has 7 nitrogen and oxygen atoms in total. The first kappa shape index (κ1) is 19.9. The van der Waals surface area contributed by atoms with Crippen molar-refractivity contribution in [3.05, 3.63) is 57.5 Å². The van der Waals surface area contributed by atoms with E-state index in [0.717, 1.165) is 6.07 Å². The van der Waals surface area contributed by atoms with Gasteiger partial charge < -0.3 is 15.0 Å². The number of aromatic nitrogens is 2. The van der Waals surface area contributed by atoms with Crippen LogP contribution in [0.3, 0.4) is 0 Å². The summed E-state index contributed by atoms with van der Waals surface area (Å²) >= 11 is 0. The third kappa shape index (κ3) is 4.36. The van der Waals surface area contributed by atoms with E-state index in [0.29, 0.717) is 37.9 Å². The predicted molar refractivity (Wildman–Crippen MR) is 99.3 cm³/mol. The third-order valence-corrected chi connectivity index (χ3v) is 4.53. The zero-order chi connectivity index (χ0) is 20.3. The van der Waals surface area contributed by atoms with Crippen LogP contribution in [-0.4, -0.2) is 42.2 Å². The van der Waals surface area contributed by atoms with Crippen molar-refractivity contribution >= 4 is 11.9 Å². The van der Waals surface area contributed by atoms with Crippen LogP contribution in [0.4, 0.5) is 14.7 Å². The molecule has 3 rings (SSSR count). The maximum Gasteiger partial charge on any atom is 0.254 e. The second-order valence-corrected chi connectivity index (χ2v) is 6.89. The van der Waals surface area contributed by atoms with E-state index >= 15 is 0 Å². The summed E-state index contributed by atoms with van der Waals surface area (Å²) in [6.45, 7) is 5.89. The molecule has 9 heteroatoms. The van der Waals surface area contributed by atoms with Gasteiger partial charge in [-0.15, -0.1) is 0 Å². The number of hydrogen-bond donors (Lipinski definition) is 2. The second-order valence-electron chi connectivity index (χ2n) is 6.89. The molecular weight excluding hydrogens is 370 g/mol. The van der Waals surface area contributed by atoms with Crippen molar-refractivity contribution in [1.29, 1.82) is 0 Å². The largest absolute Gasteiger partial charge is 0.378 e. The number of benzene rings is 1. The van der Waals surface area contributed by atoms with E-state index in [9.17, 15) is 18.4 Å². The minimum Gasteiger partial charge on any atom is -0.378 e. The van der Waals surface area contributed by atoms with Gasteiger partial charge >= 0.3 is 0 Å². The highest BCUT2D eigenvalue weighted by atomic mass is 19.2. The Kier molecular flexibility index (Phi) is 6.03. The lowest BCUT2D eigenvalue weighted by Gasteiger charge is -2.28. The molecule has 1 aromatic carbocycles. The van der Waals surface area contributed by atoms with E-state index in [2.05, 4.69) is 15.3 Å². The summed E-state index contributed by atoms with van der Waals surface area (Å²) in [5, 5.41) is 2.67. The molecule has 1 atom stereocenters. The van der Waals surface area contributed by atoms with E-state index in [4.69, 9.17) is 4.74 Å². The number of anilines is 1. The molecule has 0 aliphatic carbocycles. The van der Waals surface area contributed by atoms with E-state index in [1.54, 1.807) is 0 Å². The fraction of sp³-hybridized carbons (Fsp3) is 0.421. The van der Waals surface area contributed by atoms with Crippen molar-refractivity contribution in [1.82, 2.24) is 15.3 Å². The zero-order valence-corrected chi connectivity index (χ0v) is 15.7. The molecule has 1 fully saturated rings. The van der Waals surface area contributed by atoms with Gasteiger partial charge in [0.05, 0.1) is 30.5 Å². The maximum absolute atomic E-state index is 14.0. The second kappa shape index (κ2) is 8.47. The summed E-state index contributed by atoms with van der Waals surface area (Å²) in [5.41, 5.74) is -0.405. The Hall–Kier alpha value is -2.81. The van der Waals surface area contributed by atoms with Gasteiger partial charge in [0.15, 0.2) is 11.6 Å². The molecule has 1 aliphatic rings. The molecule has 0 radical (unpaired) electrons. The zero-order valence-electron chi connectivity index (χ0n) is 15.7. The normalized spacial score (nSPS) is 15.5. The molecule has 2 heterocycles. The molecule has 1 aliphatic heterocycles. The van der Waals surface area contributed by atoms with Crippen LogP contribution < -0.4 is 15.8 Å². The number of amides is 1. The van der Waals surface area contributed by atoms with Crippen LogP contribution in [0.2, 0.25) is 0 Å². The summed E-state index contributed by atoms with van der Waals surface area (Å²) in [4.78, 5) is 33.8. The SMILES string of the molecule is CC(C)C(NC(=O)c1cccc(F)c1F)c1cc(=O)[nH]c(N2CCOCC2)n1. The highest BCUT2D eigenvalue weighted by Gasteiger charge is 2.25. The Bertz CT molecular complexity index is 910. The molecule has 1 amide bonds. The Balaban J connectivity index is 1.90. The molecule has 28 heavy (non-hydrogen) atoms. The van der Waals surface area contributed by atoms with Gasteiger partial charge in [-0.25, -0.2) is 13.8 Å². The topological polar surface area (TPSA) is 87.3 Å². The number of rotatable bonds is 5. The minimum absolute atomic E-state index is 0.146. The fourth-order valence-electron chi connectivity index (χ4n) is 3.03. The number of H-pyrrole nitrogens is 1. The molecule has 0 spiro atoms. The van der Waals surface area contributed by atoms with Crippen molar-refractivity contribution in [3.63, 3.8) is 0 Å². The molecule has 1 saturated heterocycles. The molecule has 1 aromatic heterocycles. The number of morpholine rings is 1. The first-order valence-corrected chi connectivity index (χ1v) is 9.05. The van der Waals surface area contributed by atoms with E-state index in [1.807, 2.05) is 18.7 Å². The van der Waals surface area contributed by atoms with Crippen molar-refractivity contribution in [2.45, 2.75) is 19.9 Å². The van der Waals surface area contributed by atoms with E-state index in [-0.39, 0.29) is 11.5 Å². The Morgan fingerprint density at radius 3 is 2.68 bits per heavy atom. The minimum atomic E-state index is -1.21. The lowest BCUT2D eigenvalue weighted by Crippen LogP contribution is -2.39. The number of nitrogens with zero attached hydrogens (tertiary/aromatic N) is 2. The lowest BCUT2D eigenvalue weighted by atomic mass is 10.00. The smallest absolute Gasteiger partial charge is 0.254 e. The van der Waals surface area contributed by atoms with Crippen LogP contribution >= 0.6 is 0 Å². The molecular formula is C19H22F2N4O3. The quantitative estimate of drug-likeness (QED) is 0.813. The van der Waals surface area contributed by atoms with E-state index < -0.39 is 29.1 Å². The van der Waals surface area contributed by atoms with Gasteiger partial charge in [0.25, 0.3) is 11.5 Å². The van der Waals surface area contributed by atoms with Crippen molar-refractivity contribution in [3.8, 4) is 0 Å². The van der Waals surface area contributed by atoms with Crippen LogP contribution in [0.5, 0.6) is 0 Å².